The maximum absolute atomic E-state index is 15.0. The standard InChI is InChI=1S/C57H89N7O15/c1-15-33(8)46-44(66)29-45(67)79-49(32(6)7)48(68)34(9)50(69)58-39(26-30(2)3)54(73)64-25-17-19-41(64)56(75)62(13)43(28-37-20-22-38(77-14)23-21-37)57(76)78-36(11)47(52(71)59-46)60-51(70)42(27-31(4)5)61(12)55(74)40-18-16-24-63(40)53(72)35(10)65/h20-23,30-34,36,39-44,46-47,49-50,58,66,69H,15-19,24-29H2,1-14H3,(H,59,71)(H,60,70)/t33-,34-,36+,39-,40-,41-,42-,43-,44-,46+,47-,49-,50?/m0/s1. The Labute approximate surface area is 465 Å². The first-order valence-electron chi connectivity index (χ1n) is 28.0. The van der Waals surface area contributed by atoms with Crippen molar-refractivity contribution in [2.24, 2.45) is 29.6 Å². The second kappa shape index (κ2) is 29.5. The van der Waals surface area contributed by atoms with Crippen molar-refractivity contribution >= 4 is 58.9 Å². The van der Waals surface area contributed by atoms with Gasteiger partial charge in [0.05, 0.1) is 37.6 Å². The Morgan fingerprint density at radius 1 is 0.886 bits per heavy atom. The monoisotopic (exact) mass is 1110 g/mol. The number of fused-ring (bicyclic) bond motifs is 1. The van der Waals surface area contributed by atoms with Gasteiger partial charge in [-0.2, -0.15) is 0 Å². The lowest BCUT2D eigenvalue weighted by molar-refractivity contribution is -0.163. The minimum atomic E-state index is -1.77. The summed E-state index contributed by atoms with van der Waals surface area (Å²) in [7, 11) is 4.29. The van der Waals surface area contributed by atoms with Gasteiger partial charge in [-0.15, -0.1) is 0 Å². The molecule has 3 aliphatic heterocycles. The van der Waals surface area contributed by atoms with Crippen molar-refractivity contribution in [1.82, 2.24) is 35.6 Å². The number of carbonyl (C=O) groups is 10. The van der Waals surface area contributed by atoms with E-state index in [9.17, 15) is 53.4 Å². The number of methoxy groups -OCH3 is 1. The molecule has 0 radical (unpaired) electrons. The number of amides is 6. The van der Waals surface area contributed by atoms with E-state index in [0.29, 0.717) is 30.6 Å². The molecule has 1 unspecified atom stereocenters. The maximum Gasteiger partial charge on any atom is 0.329 e. The fourth-order valence-electron chi connectivity index (χ4n) is 10.6. The zero-order valence-corrected chi connectivity index (χ0v) is 48.8. The fraction of sp³-hybridized carbons (Fsp3) is 0.719. The van der Waals surface area contributed by atoms with Crippen LogP contribution in [-0.2, 0) is 63.8 Å². The number of nitrogens with one attached hydrogen (secondary N) is 3. The summed E-state index contributed by atoms with van der Waals surface area (Å²) in [5.74, 6) is -9.98. The minimum Gasteiger partial charge on any atom is -0.497 e. The van der Waals surface area contributed by atoms with Gasteiger partial charge in [-0.1, -0.05) is 80.9 Å². The summed E-state index contributed by atoms with van der Waals surface area (Å²) in [5, 5.41) is 31.9. The van der Waals surface area contributed by atoms with Gasteiger partial charge in [0.1, 0.15) is 48.3 Å². The van der Waals surface area contributed by atoms with Crippen LogP contribution in [0.15, 0.2) is 24.3 Å². The molecule has 4 rings (SSSR count). The number of nitrogens with zero attached hydrogens (tertiary/aromatic N) is 4. The molecule has 0 aromatic heterocycles. The highest BCUT2D eigenvalue weighted by atomic mass is 16.6. The number of esters is 2. The highest BCUT2D eigenvalue weighted by Crippen LogP contribution is 2.27. The Balaban J connectivity index is 1.89. The number of benzene rings is 1. The lowest BCUT2D eigenvalue weighted by atomic mass is 9.91. The molecule has 5 N–H and O–H groups in total. The Morgan fingerprint density at radius 2 is 1.52 bits per heavy atom. The molecule has 22 heteroatoms. The van der Waals surface area contributed by atoms with Crippen LogP contribution in [0.2, 0.25) is 0 Å². The van der Waals surface area contributed by atoms with E-state index in [1.165, 1.54) is 54.7 Å². The quantitative estimate of drug-likeness (QED) is 0.124. The Hall–Kier alpha value is -6.00. The van der Waals surface area contributed by atoms with Gasteiger partial charge in [-0.25, -0.2) is 4.79 Å². The van der Waals surface area contributed by atoms with Crippen LogP contribution in [0, 0.1) is 29.6 Å². The average molecular weight is 1110 g/mol. The Kier molecular flexibility index (Phi) is 24.4. The lowest BCUT2D eigenvalue weighted by Crippen LogP contribution is -2.62. The number of aliphatic hydroxyl groups is 2. The second-order valence-electron chi connectivity index (χ2n) is 23.0. The van der Waals surface area contributed by atoms with E-state index in [0.717, 1.165) is 6.92 Å². The summed E-state index contributed by atoms with van der Waals surface area (Å²) >= 11 is 0. The van der Waals surface area contributed by atoms with Gasteiger partial charge >= 0.3 is 11.9 Å². The van der Waals surface area contributed by atoms with Crippen molar-refractivity contribution in [2.45, 2.75) is 201 Å². The third-order valence-corrected chi connectivity index (χ3v) is 15.6. The van der Waals surface area contributed by atoms with Crippen LogP contribution in [0.3, 0.4) is 0 Å². The molecule has 22 nitrogen and oxygen atoms in total. The highest BCUT2D eigenvalue weighted by Gasteiger charge is 2.46. The zero-order valence-electron chi connectivity index (χ0n) is 48.8. The predicted molar refractivity (Wildman–Crippen MR) is 290 cm³/mol. The number of ether oxygens (including phenoxy) is 3. The number of likely N-dealkylation sites (tertiary alicyclic amines) is 1. The summed E-state index contributed by atoms with van der Waals surface area (Å²) in [5.41, 5.74) is 0.576. The Bertz CT molecular complexity index is 2330. The molecule has 442 valence electrons. The highest BCUT2D eigenvalue weighted by molar-refractivity contribution is 6.35. The van der Waals surface area contributed by atoms with E-state index >= 15 is 4.79 Å². The molecule has 79 heavy (non-hydrogen) atoms. The molecule has 0 spiro atoms. The van der Waals surface area contributed by atoms with E-state index in [4.69, 9.17) is 14.2 Å². The molecule has 1 aromatic carbocycles. The number of rotatable bonds is 15. The van der Waals surface area contributed by atoms with Gasteiger partial charge < -0.3 is 54.7 Å². The summed E-state index contributed by atoms with van der Waals surface area (Å²) < 4.78 is 17.3. The summed E-state index contributed by atoms with van der Waals surface area (Å²) in [6, 6.07) is -2.11. The molecule has 3 fully saturated rings. The van der Waals surface area contributed by atoms with Crippen molar-refractivity contribution < 1.29 is 72.4 Å². The molecular weight excluding hydrogens is 1020 g/mol. The fourth-order valence-corrected chi connectivity index (χ4v) is 10.6. The maximum atomic E-state index is 15.0. The van der Waals surface area contributed by atoms with Crippen LogP contribution < -0.4 is 20.7 Å². The Morgan fingerprint density at radius 3 is 2.09 bits per heavy atom. The van der Waals surface area contributed by atoms with Gasteiger partial charge in [0.25, 0.3) is 5.91 Å². The van der Waals surface area contributed by atoms with Gasteiger partial charge in [0.15, 0.2) is 11.9 Å². The molecule has 3 heterocycles. The van der Waals surface area contributed by atoms with E-state index in [2.05, 4.69) is 16.0 Å². The smallest absolute Gasteiger partial charge is 0.329 e. The number of carbonyl (C=O) groups excluding carboxylic acids is 10. The topological polar surface area (TPSA) is 288 Å². The van der Waals surface area contributed by atoms with Gasteiger partial charge in [0, 0.05) is 40.5 Å². The van der Waals surface area contributed by atoms with Crippen molar-refractivity contribution in [3.63, 3.8) is 0 Å². The molecule has 6 amide bonds. The number of hydrogen-bond acceptors (Lipinski definition) is 16. The van der Waals surface area contributed by atoms with Crippen LogP contribution in [0.25, 0.3) is 0 Å². The number of hydrogen-bond donors (Lipinski definition) is 5. The largest absolute Gasteiger partial charge is 0.497 e. The van der Waals surface area contributed by atoms with E-state index in [1.807, 2.05) is 27.7 Å². The SMILES string of the molecule is CC[C@H](C)[C@H]1NC(=O)[C@@H](NC(=O)[C@H](CC(C)C)N(C)C(=O)[C@@H]2CCCN2C(=O)C(C)=O)[C@@H](C)OC(=O)[C@H](Cc2ccc(OC)cc2)N(C)C(=O)[C@@H]2CCCN2C(=O)[C@H](CC(C)C)NC(O)[C@@H](C)C(=O)[C@H](C(C)C)OC(=O)C[C@@H]1O. The number of likely N-dealkylation sites (N-methyl/N-ethyl adjacent to an activating group) is 2. The van der Waals surface area contributed by atoms with Crippen LogP contribution in [0.5, 0.6) is 5.75 Å². The van der Waals surface area contributed by atoms with E-state index in [1.54, 1.807) is 52.0 Å². The lowest BCUT2D eigenvalue weighted by Gasteiger charge is -2.36. The molecule has 3 aliphatic rings. The van der Waals surface area contributed by atoms with Crippen molar-refractivity contribution in [2.75, 3.05) is 34.3 Å². The molecule has 0 bridgehead atoms. The number of cyclic esters (lactones) is 2. The summed E-state index contributed by atoms with van der Waals surface area (Å²) in [4.78, 5) is 147. The zero-order chi connectivity index (χ0) is 59.3. The van der Waals surface area contributed by atoms with Gasteiger partial charge in [-0.05, 0) is 86.8 Å². The van der Waals surface area contributed by atoms with E-state index < -0.39 is 150 Å². The molecule has 0 saturated carbocycles. The summed E-state index contributed by atoms with van der Waals surface area (Å²) in [6.45, 7) is 18.4. The van der Waals surface area contributed by atoms with Crippen molar-refractivity contribution in [3.05, 3.63) is 29.8 Å². The third-order valence-electron chi connectivity index (χ3n) is 15.6. The predicted octanol–water partition coefficient (Wildman–Crippen LogP) is 2.32. The molecule has 0 aliphatic carbocycles. The first-order valence-corrected chi connectivity index (χ1v) is 28.0. The van der Waals surface area contributed by atoms with Crippen molar-refractivity contribution in [3.8, 4) is 5.75 Å². The molecule has 1 aromatic rings. The van der Waals surface area contributed by atoms with Crippen molar-refractivity contribution in [1.29, 1.82) is 0 Å². The van der Waals surface area contributed by atoms with Gasteiger partial charge in [-0.3, -0.25) is 48.5 Å². The van der Waals surface area contributed by atoms with Gasteiger partial charge in [0.2, 0.25) is 35.3 Å². The minimum absolute atomic E-state index is 0.0592. The van der Waals surface area contributed by atoms with Crippen LogP contribution in [0.1, 0.15) is 133 Å². The second-order valence-corrected chi connectivity index (χ2v) is 23.0. The van der Waals surface area contributed by atoms with Crippen LogP contribution >= 0.6 is 0 Å². The summed E-state index contributed by atoms with van der Waals surface area (Å²) in [6.07, 6.45) is -5.13. The molecular formula is C57H89N7O15. The van der Waals surface area contributed by atoms with Crippen LogP contribution in [-0.4, -0.2) is 190 Å². The number of Topliss-reactive ketones (excluding diaryl/α,β-unsaturated/α-hetero) is 2. The molecule has 3 saturated heterocycles. The average Bonchev–Trinajstić information content (AvgIpc) is 4.13. The normalized spacial score (nSPS) is 28.2. The first kappa shape index (κ1) is 65.5. The van der Waals surface area contributed by atoms with Crippen LogP contribution in [0.4, 0.5) is 0 Å². The number of ketones is 2. The molecule has 13 atom stereocenters. The van der Waals surface area contributed by atoms with E-state index in [-0.39, 0.29) is 57.0 Å². The first-order chi connectivity index (χ1) is 37.0. The third kappa shape index (κ3) is 17.0. The number of aliphatic hydroxyl groups excluding tert-OH is 2.